The monoisotopic (exact) mass is 436 g/mol. The molecule has 6 nitrogen and oxygen atoms in total. The molecule has 2 saturated heterocycles. The Kier molecular flexibility index (Phi) is 4.64. The Labute approximate surface area is 184 Å². The highest BCUT2D eigenvalue weighted by molar-refractivity contribution is 7.81. The van der Waals surface area contributed by atoms with Crippen LogP contribution in [-0.4, -0.2) is 51.5 Å². The number of thiol groups is 1. The van der Waals surface area contributed by atoms with Crippen molar-refractivity contribution in [1.82, 2.24) is 5.32 Å². The number of rotatable bonds is 0. The highest BCUT2D eigenvalue weighted by atomic mass is 32.1. The largest absolute Gasteiger partial charge is 0.411 e. The van der Waals surface area contributed by atoms with Gasteiger partial charge in [0, 0.05) is 35.0 Å². The first kappa shape index (κ1) is 21.1. The van der Waals surface area contributed by atoms with E-state index >= 15 is 0 Å². The molecule has 0 aromatic carbocycles. The van der Waals surface area contributed by atoms with Gasteiger partial charge in [-0.1, -0.05) is 32.9 Å². The van der Waals surface area contributed by atoms with E-state index in [4.69, 9.17) is 17.4 Å². The molecule has 5 rings (SSSR count). The SMILES string of the molecule is CC1CCC2C(C)(C)C(=NO)C(S)CC23OC2C(CC13C)C(O)CC1C(=O)NCC12. The van der Waals surface area contributed by atoms with Crippen molar-refractivity contribution in [3.8, 4) is 0 Å². The normalized spacial score (nSPS) is 55.8. The molecule has 2 aliphatic heterocycles. The van der Waals surface area contributed by atoms with Gasteiger partial charge in [-0.25, -0.2) is 0 Å². The maximum Gasteiger partial charge on any atom is 0.223 e. The Bertz CT molecular complexity index is 787. The van der Waals surface area contributed by atoms with Crippen LogP contribution in [0.4, 0.5) is 0 Å². The lowest BCUT2D eigenvalue weighted by Crippen LogP contribution is -2.74. The predicted octanol–water partition coefficient (Wildman–Crippen LogP) is 2.87. The highest BCUT2D eigenvalue weighted by Crippen LogP contribution is 2.68. The molecule has 1 amide bonds. The summed E-state index contributed by atoms with van der Waals surface area (Å²) in [6, 6.07) is 0. The van der Waals surface area contributed by atoms with E-state index in [0.29, 0.717) is 25.3 Å². The van der Waals surface area contributed by atoms with E-state index in [9.17, 15) is 15.1 Å². The zero-order chi connectivity index (χ0) is 21.6. The van der Waals surface area contributed by atoms with E-state index in [1.54, 1.807) is 0 Å². The zero-order valence-electron chi connectivity index (χ0n) is 18.5. The van der Waals surface area contributed by atoms with Gasteiger partial charge in [0.05, 0.1) is 23.5 Å². The van der Waals surface area contributed by atoms with Crippen LogP contribution < -0.4 is 5.32 Å². The number of nitrogens with one attached hydrogen (secondary N) is 1. The lowest BCUT2D eigenvalue weighted by molar-refractivity contribution is -0.318. The van der Waals surface area contributed by atoms with E-state index in [2.05, 4.69) is 38.2 Å². The van der Waals surface area contributed by atoms with Gasteiger partial charge in [-0.2, -0.15) is 12.6 Å². The fraction of sp³-hybridized carbons (Fsp3) is 0.913. The third-order valence-electron chi connectivity index (χ3n) is 10.2. The van der Waals surface area contributed by atoms with Gasteiger partial charge in [0.2, 0.25) is 5.91 Å². The molecule has 0 radical (unpaired) electrons. The average molecular weight is 437 g/mol. The van der Waals surface area contributed by atoms with Gasteiger partial charge in [-0.15, -0.1) is 0 Å². The number of aliphatic hydroxyl groups excluding tert-OH is 1. The van der Waals surface area contributed by atoms with Crippen LogP contribution in [0, 0.1) is 40.4 Å². The van der Waals surface area contributed by atoms with E-state index in [-0.39, 0.29) is 51.8 Å². The summed E-state index contributed by atoms with van der Waals surface area (Å²) in [6.07, 6.45) is 3.67. The quantitative estimate of drug-likeness (QED) is 0.267. The van der Waals surface area contributed by atoms with Crippen molar-refractivity contribution < 1.29 is 19.8 Å². The molecule has 3 saturated carbocycles. The number of hydrogen-bond acceptors (Lipinski definition) is 6. The molecule has 1 spiro atoms. The topological polar surface area (TPSA) is 91.2 Å². The van der Waals surface area contributed by atoms with E-state index in [1.807, 2.05) is 0 Å². The second-order valence-corrected chi connectivity index (χ2v) is 12.2. The minimum atomic E-state index is -0.500. The summed E-state index contributed by atoms with van der Waals surface area (Å²) >= 11 is 4.88. The molecule has 0 aromatic rings. The van der Waals surface area contributed by atoms with Crippen LogP contribution in [0.15, 0.2) is 5.16 Å². The fourth-order valence-corrected chi connectivity index (χ4v) is 9.03. The van der Waals surface area contributed by atoms with Crippen LogP contribution in [0.25, 0.3) is 0 Å². The number of ether oxygens (including phenoxy) is 1. The lowest BCUT2D eigenvalue weighted by Gasteiger charge is -2.70. The third kappa shape index (κ3) is 2.46. The molecule has 2 heterocycles. The van der Waals surface area contributed by atoms with Gasteiger partial charge in [-0.05, 0) is 49.4 Å². The van der Waals surface area contributed by atoms with Gasteiger partial charge in [0.25, 0.3) is 0 Å². The maximum atomic E-state index is 12.4. The van der Waals surface area contributed by atoms with Crippen molar-refractivity contribution in [1.29, 1.82) is 0 Å². The number of fused-ring (bicyclic) bond motifs is 3. The molecule has 10 unspecified atom stereocenters. The summed E-state index contributed by atoms with van der Waals surface area (Å²) in [5.41, 5.74) is -0.0728. The van der Waals surface area contributed by atoms with Crippen LogP contribution in [0.1, 0.15) is 59.8 Å². The van der Waals surface area contributed by atoms with Crippen LogP contribution in [0.2, 0.25) is 0 Å². The summed E-state index contributed by atoms with van der Waals surface area (Å²) in [4.78, 5) is 12.4. The second-order valence-electron chi connectivity index (χ2n) is 11.5. The van der Waals surface area contributed by atoms with E-state index in [1.165, 1.54) is 0 Å². The lowest BCUT2D eigenvalue weighted by atomic mass is 9.42. The summed E-state index contributed by atoms with van der Waals surface area (Å²) in [5.74, 6) is 0.767. The first-order valence-corrected chi connectivity index (χ1v) is 12.1. The third-order valence-corrected chi connectivity index (χ3v) is 10.6. The summed E-state index contributed by atoms with van der Waals surface area (Å²) in [6.45, 7) is 9.66. The first-order chi connectivity index (χ1) is 14.1. The number of aliphatic hydroxyl groups is 1. The Morgan fingerprint density at radius 2 is 1.93 bits per heavy atom. The predicted molar refractivity (Wildman–Crippen MR) is 117 cm³/mol. The smallest absolute Gasteiger partial charge is 0.223 e. The number of amides is 1. The molecule has 5 fully saturated rings. The number of hydrogen-bond donors (Lipinski definition) is 4. The van der Waals surface area contributed by atoms with Crippen LogP contribution in [-0.2, 0) is 9.53 Å². The molecule has 10 atom stereocenters. The van der Waals surface area contributed by atoms with E-state index in [0.717, 1.165) is 25.0 Å². The molecule has 0 aromatic heterocycles. The molecular formula is C23H36N2O4S. The minimum absolute atomic E-state index is 0.0603. The Morgan fingerprint density at radius 1 is 1.20 bits per heavy atom. The van der Waals surface area contributed by atoms with Crippen LogP contribution in [0.5, 0.6) is 0 Å². The molecule has 7 heteroatoms. The van der Waals surface area contributed by atoms with Gasteiger partial charge in [0.15, 0.2) is 0 Å². The van der Waals surface area contributed by atoms with Crippen molar-refractivity contribution in [2.24, 2.45) is 45.6 Å². The number of oxime groups is 1. The molecule has 168 valence electrons. The van der Waals surface area contributed by atoms with Gasteiger partial charge >= 0.3 is 0 Å². The molecular weight excluding hydrogens is 400 g/mol. The summed E-state index contributed by atoms with van der Waals surface area (Å²) in [7, 11) is 0. The summed E-state index contributed by atoms with van der Waals surface area (Å²) in [5, 5.41) is 27.4. The highest BCUT2D eigenvalue weighted by Gasteiger charge is 2.71. The zero-order valence-corrected chi connectivity index (χ0v) is 19.4. The molecule has 3 N–H and O–H groups in total. The van der Waals surface area contributed by atoms with Crippen molar-refractivity contribution in [3.63, 3.8) is 0 Å². The second kappa shape index (κ2) is 6.61. The van der Waals surface area contributed by atoms with Crippen molar-refractivity contribution >= 4 is 24.2 Å². The van der Waals surface area contributed by atoms with Crippen LogP contribution >= 0.6 is 12.6 Å². The number of nitrogens with zero attached hydrogens (tertiary/aromatic N) is 1. The van der Waals surface area contributed by atoms with Gasteiger partial charge in [-0.3, -0.25) is 4.79 Å². The van der Waals surface area contributed by atoms with E-state index < -0.39 is 11.7 Å². The maximum absolute atomic E-state index is 12.4. The van der Waals surface area contributed by atoms with Gasteiger partial charge in [0.1, 0.15) is 0 Å². The Hall–Kier alpha value is -0.790. The number of carbonyl (C=O) groups excluding carboxylic acids is 1. The average Bonchev–Trinajstić information content (AvgIpc) is 3.02. The minimum Gasteiger partial charge on any atom is -0.411 e. The van der Waals surface area contributed by atoms with Crippen molar-refractivity contribution in [2.75, 3.05) is 6.54 Å². The molecule has 3 aliphatic carbocycles. The summed E-state index contributed by atoms with van der Waals surface area (Å²) < 4.78 is 7.25. The molecule has 0 bridgehead atoms. The fourth-order valence-electron chi connectivity index (χ4n) is 8.37. The molecule has 5 aliphatic rings. The first-order valence-electron chi connectivity index (χ1n) is 11.6. The Morgan fingerprint density at radius 3 is 2.63 bits per heavy atom. The molecule has 30 heavy (non-hydrogen) atoms. The Balaban J connectivity index is 1.62. The van der Waals surface area contributed by atoms with Gasteiger partial charge < -0.3 is 20.4 Å². The standard InChI is InChI=1S/C23H36N2O4S/c1-11-5-6-17-21(2,3)19(25-28)16(30)9-23(17)22(11,4)8-13-15(26)7-12-14(18(13)29-23)10-24-20(12)27/h11-18,26,28,30H,5-10H2,1-4H3,(H,24,27). The number of carbonyl (C=O) groups is 1. The van der Waals surface area contributed by atoms with Crippen LogP contribution in [0.3, 0.4) is 0 Å². The van der Waals surface area contributed by atoms with Crippen molar-refractivity contribution in [3.05, 3.63) is 0 Å². The van der Waals surface area contributed by atoms with Crippen molar-refractivity contribution in [2.45, 2.75) is 82.9 Å².